The topological polar surface area (TPSA) is 58.6 Å². The molecule has 3 aromatic carbocycles. The summed E-state index contributed by atoms with van der Waals surface area (Å²) < 4.78 is 6.22. The fourth-order valence-electron chi connectivity index (χ4n) is 4.12. The highest BCUT2D eigenvalue weighted by atomic mass is 16.5. The standard InChI is InChI=1S/C33H39NO3/c1-5-8-17-26-21-28(23-31(35)29(26)13-6-2)30-22-27(18-19-32(30)37-24(4)7-3)33(36)34-20-12-16-25-14-10-9-11-15-25/h5,8-11,13-15,17-19,21-24,35H,6-7,12,16,20H2,1-4H3,(H,34,36)/b8-5-,26-17-,29-13-. The molecule has 0 saturated heterocycles. The molecule has 0 aromatic heterocycles. The molecule has 0 fully saturated rings. The number of rotatable bonds is 11. The third-order valence-electron chi connectivity index (χ3n) is 6.29. The molecule has 2 N–H and O–H groups in total. The maximum Gasteiger partial charge on any atom is 0.251 e. The SMILES string of the molecule is C\C=C/C=c1/cc(-c2cc(C(=O)NCCCc3ccccc3)ccc2OC(C)CC)cc(O)/c1=C\CC. The minimum atomic E-state index is -0.120. The van der Waals surface area contributed by atoms with Crippen molar-refractivity contribution in [1.82, 2.24) is 5.32 Å². The number of aromatic hydroxyl groups is 1. The number of carbonyl (C=O) groups is 1. The van der Waals surface area contributed by atoms with E-state index in [1.807, 2.05) is 81.5 Å². The number of amides is 1. The van der Waals surface area contributed by atoms with Crippen LogP contribution in [-0.2, 0) is 6.42 Å². The van der Waals surface area contributed by atoms with Gasteiger partial charge in [-0.15, -0.1) is 0 Å². The lowest BCUT2D eigenvalue weighted by molar-refractivity contribution is 0.0953. The van der Waals surface area contributed by atoms with Crippen molar-refractivity contribution < 1.29 is 14.6 Å². The van der Waals surface area contributed by atoms with Crippen LogP contribution in [0.4, 0.5) is 0 Å². The van der Waals surface area contributed by atoms with Gasteiger partial charge in [0.2, 0.25) is 0 Å². The molecule has 0 radical (unpaired) electrons. The third-order valence-corrected chi connectivity index (χ3v) is 6.29. The van der Waals surface area contributed by atoms with Crippen molar-refractivity contribution in [3.05, 3.63) is 94.4 Å². The van der Waals surface area contributed by atoms with E-state index in [0.29, 0.717) is 17.9 Å². The monoisotopic (exact) mass is 497 g/mol. The highest BCUT2D eigenvalue weighted by Crippen LogP contribution is 2.32. The van der Waals surface area contributed by atoms with Gasteiger partial charge in [-0.25, -0.2) is 0 Å². The van der Waals surface area contributed by atoms with Crippen LogP contribution >= 0.6 is 0 Å². The largest absolute Gasteiger partial charge is 0.507 e. The Morgan fingerprint density at radius 3 is 2.57 bits per heavy atom. The molecule has 0 aliphatic carbocycles. The molecule has 0 aliphatic rings. The number of allylic oxidation sites excluding steroid dienone is 2. The van der Waals surface area contributed by atoms with Crippen molar-refractivity contribution in [3.8, 4) is 22.6 Å². The van der Waals surface area contributed by atoms with E-state index in [-0.39, 0.29) is 17.8 Å². The zero-order valence-electron chi connectivity index (χ0n) is 22.5. The molecule has 1 amide bonds. The van der Waals surface area contributed by atoms with Gasteiger partial charge in [0.1, 0.15) is 11.5 Å². The molecule has 0 saturated carbocycles. The van der Waals surface area contributed by atoms with E-state index in [0.717, 1.165) is 47.2 Å². The van der Waals surface area contributed by atoms with Crippen molar-refractivity contribution in [3.63, 3.8) is 0 Å². The molecule has 0 bridgehead atoms. The molecule has 1 unspecified atom stereocenters. The first-order chi connectivity index (χ1) is 18.0. The second-order valence-corrected chi connectivity index (χ2v) is 9.20. The molecule has 0 spiro atoms. The zero-order chi connectivity index (χ0) is 26.6. The van der Waals surface area contributed by atoms with Crippen LogP contribution in [-0.4, -0.2) is 23.7 Å². The van der Waals surface area contributed by atoms with Crippen molar-refractivity contribution in [1.29, 1.82) is 0 Å². The molecule has 4 heteroatoms. The smallest absolute Gasteiger partial charge is 0.251 e. The Morgan fingerprint density at radius 2 is 1.86 bits per heavy atom. The molecular weight excluding hydrogens is 458 g/mol. The number of phenols is 1. The summed E-state index contributed by atoms with van der Waals surface area (Å²) in [5.41, 5.74) is 3.41. The zero-order valence-corrected chi connectivity index (χ0v) is 22.5. The average Bonchev–Trinajstić information content (AvgIpc) is 2.91. The summed E-state index contributed by atoms with van der Waals surface area (Å²) in [6, 6.07) is 19.6. The number of ether oxygens (including phenoxy) is 1. The summed E-state index contributed by atoms with van der Waals surface area (Å²) in [4.78, 5) is 13.0. The number of benzene rings is 3. The molecular formula is C33H39NO3. The average molecular weight is 498 g/mol. The summed E-state index contributed by atoms with van der Waals surface area (Å²) in [7, 11) is 0. The second kappa shape index (κ2) is 14.1. The van der Waals surface area contributed by atoms with E-state index in [1.54, 1.807) is 12.1 Å². The van der Waals surface area contributed by atoms with E-state index in [2.05, 4.69) is 24.4 Å². The molecule has 3 rings (SSSR count). The van der Waals surface area contributed by atoms with Gasteiger partial charge in [-0.2, -0.15) is 0 Å². The number of nitrogens with one attached hydrogen (secondary N) is 1. The third kappa shape index (κ3) is 7.85. The van der Waals surface area contributed by atoms with Crippen molar-refractivity contribution in [2.45, 2.75) is 59.5 Å². The maximum atomic E-state index is 13.0. The minimum absolute atomic E-state index is 0.0202. The van der Waals surface area contributed by atoms with Gasteiger partial charge >= 0.3 is 0 Å². The van der Waals surface area contributed by atoms with E-state index in [1.165, 1.54) is 5.56 Å². The fraction of sp³-hybridized carbons (Fsp3) is 0.303. The number of hydrogen-bond acceptors (Lipinski definition) is 3. The lowest BCUT2D eigenvalue weighted by Crippen LogP contribution is -2.25. The Morgan fingerprint density at radius 1 is 1.08 bits per heavy atom. The first kappa shape index (κ1) is 27.8. The van der Waals surface area contributed by atoms with Gasteiger partial charge in [0.05, 0.1) is 6.10 Å². The van der Waals surface area contributed by atoms with E-state index < -0.39 is 0 Å². The molecule has 0 heterocycles. The van der Waals surface area contributed by atoms with Crippen LogP contribution < -0.4 is 20.5 Å². The van der Waals surface area contributed by atoms with Crippen molar-refractivity contribution in [2.75, 3.05) is 6.54 Å². The number of carbonyl (C=O) groups excluding carboxylic acids is 1. The molecule has 37 heavy (non-hydrogen) atoms. The Kier molecular flexibility index (Phi) is 10.6. The summed E-state index contributed by atoms with van der Waals surface area (Å²) in [6.07, 6.45) is 11.4. The predicted molar refractivity (Wildman–Crippen MR) is 154 cm³/mol. The normalized spacial score (nSPS) is 13.2. The van der Waals surface area contributed by atoms with Crippen molar-refractivity contribution >= 4 is 18.1 Å². The van der Waals surface area contributed by atoms with Crippen LogP contribution in [0.1, 0.15) is 62.9 Å². The van der Waals surface area contributed by atoms with Gasteiger partial charge in [0.15, 0.2) is 0 Å². The lowest BCUT2D eigenvalue weighted by atomic mass is 9.99. The van der Waals surface area contributed by atoms with Crippen LogP contribution in [0.2, 0.25) is 0 Å². The molecule has 0 aliphatic heterocycles. The highest BCUT2D eigenvalue weighted by Gasteiger charge is 2.15. The van der Waals surface area contributed by atoms with Crippen molar-refractivity contribution in [2.24, 2.45) is 0 Å². The Balaban J connectivity index is 1.94. The number of aryl methyl sites for hydroxylation is 1. The fourth-order valence-corrected chi connectivity index (χ4v) is 4.12. The summed E-state index contributed by atoms with van der Waals surface area (Å²) in [5, 5.41) is 15.7. The lowest BCUT2D eigenvalue weighted by Gasteiger charge is -2.18. The Labute approximate surface area is 221 Å². The van der Waals surface area contributed by atoms with Crippen LogP contribution in [0, 0.1) is 0 Å². The molecule has 194 valence electrons. The van der Waals surface area contributed by atoms with Crippen LogP contribution in [0.5, 0.6) is 11.5 Å². The second-order valence-electron chi connectivity index (χ2n) is 9.20. The first-order valence-electron chi connectivity index (χ1n) is 13.3. The van der Waals surface area contributed by atoms with E-state index >= 15 is 0 Å². The number of hydrogen-bond donors (Lipinski definition) is 2. The highest BCUT2D eigenvalue weighted by molar-refractivity contribution is 5.96. The maximum absolute atomic E-state index is 13.0. The van der Waals surface area contributed by atoms with Gasteiger partial charge in [-0.05, 0) is 86.2 Å². The van der Waals surface area contributed by atoms with Gasteiger partial charge in [0.25, 0.3) is 5.91 Å². The first-order valence-corrected chi connectivity index (χ1v) is 13.3. The summed E-state index contributed by atoms with van der Waals surface area (Å²) >= 11 is 0. The number of phenolic OH excluding ortho intramolecular Hbond substituents is 1. The van der Waals surface area contributed by atoms with Gasteiger partial charge in [-0.3, -0.25) is 4.79 Å². The predicted octanol–water partition coefficient (Wildman–Crippen LogP) is 6.15. The molecule has 1 atom stereocenters. The molecule has 4 nitrogen and oxygen atoms in total. The van der Waals surface area contributed by atoms with Crippen LogP contribution in [0.15, 0.2) is 72.8 Å². The Bertz CT molecular complexity index is 1330. The minimum Gasteiger partial charge on any atom is -0.507 e. The Hall–Kier alpha value is -3.79. The summed E-state index contributed by atoms with van der Waals surface area (Å²) in [6.45, 7) is 8.71. The van der Waals surface area contributed by atoms with Gasteiger partial charge < -0.3 is 15.2 Å². The molecule has 3 aromatic rings. The van der Waals surface area contributed by atoms with Gasteiger partial charge in [0, 0.05) is 22.9 Å². The van der Waals surface area contributed by atoms with Gasteiger partial charge in [-0.1, -0.05) is 68.5 Å². The van der Waals surface area contributed by atoms with E-state index in [4.69, 9.17) is 4.74 Å². The quantitative estimate of drug-likeness (QED) is 0.313. The van der Waals surface area contributed by atoms with Crippen LogP contribution in [0.3, 0.4) is 0 Å². The van der Waals surface area contributed by atoms with E-state index in [9.17, 15) is 9.90 Å². The van der Waals surface area contributed by atoms with Crippen LogP contribution in [0.25, 0.3) is 23.3 Å². The summed E-state index contributed by atoms with van der Waals surface area (Å²) in [5.74, 6) is 0.782.